The standard InChI is InChI=1S/C9H7BrF5NO/c10-1-4-5(3-17)7(8(11)12)16-2-6(4)9(13,14)15/h2,8,17H,1,3H2. The number of nitrogens with zero attached hydrogens (tertiary/aromatic N) is 1. The van der Waals surface area contributed by atoms with Crippen LogP contribution >= 0.6 is 15.9 Å². The van der Waals surface area contributed by atoms with Crippen molar-refractivity contribution in [2.75, 3.05) is 0 Å². The van der Waals surface area contributed by atoms with Crippen LogP contribution in [-0.4, -0.2) is 10.1 Å². The van der Waals surface area contributed by atoms with E-state index in [1.54, 1.807) is 0 Å². The van der Waals surface area contributed by atoms with E-state index in [9.17, 15) is 22.0 Å². The molecule has 8 heteroatoms. The second kappa shape index (κ2) is 5.26. The molecule has 96 valence electrons. The number of alkyl halides is 6. The summed E-state index contributed by atoms with van der Waals surface area (Å²) in [4.78, 5) is 3.07. The smallest absolute Gasteiger partial charge is 0.392 e. The number of halogens is 6. The second-order valence-electron chi connectivity index (χ2n) is 3.10. The fraction of sp³-hybridized carbons (Fsp3) is 0.444. The van der Waals surface area contributed by atoms with Gasteiger partial charge < -0.3 is 5.11 Å². The van der Waals surface area contributed by atoms with E-state index in [2.05, 4.69) is 20.9 Å². The summed E-state index contributed by atoms with van der Waals surface area (Å²) in [5.74, 6) is 0. The first-order valence-electron chi connectivity index (χ1n) is 4.35. The van der Waals surface area contributed by atoms with Crippen LogP contribution in [0.25, 0.3) is 0 Å². The van der Waals surface area contributed by atoms with Crippen molar-refractivity contribution in [2.45, 2.75) is 24.5 Å². The Hall–Kier alpha value is -0.760. The van der Waals surface area contributed by atoms with E-state index in [0.717, 1.165) is 0 Å². The molecule has 0 aliphatic rings. The molecule has 2 nitrogen and oxygen atoms in total. The average Bonchev–Trinajstić information content (AvgIpc) is 2.25. The van der Waals surface area contributed by atoms with Gasteiger partial charge in [-0.3, -0.25) is 4.98 Å². The molecule has 0 spiro atoms. The molecule has 1 heterocycles. The van der Waals surface area contributed by atoms with Crippen molar-refractivity contribution in [3.63, 3.8) is 0 Å². The molecular weight excluding hydrogens is 313 g/mol. The van der Waals surface area contributed by atoms with E-state index in [1.807, 2.05) is 0 Å². The third-order valence-corrected chi connectivity index (χ3v) is 2.70. The van der Waals surface area contributed by atoms with Crippen LogP contribution in [0.2, 0.25) is 0 Å². The minimum absolute atomic E-state index is 0.292. The molecule has 0 unspecified atom stereocenters. The van der Waals surface area contributed by atoms with Crippen LogP contribution in [0.1, 0.15) is 28.8 Å². The summed E-state index contributed by atoms with van der Waals surface area (Å²) >= 11 is 2.79. The number of aromatic nitrogens is 1. The van der Waals surface area contributed by atoms with Gasteiger partial charge in [0.15, 0.2) is 0 Å². The molecule has 0 saturated carbocycles. The van der Waals surface area contributed by atoms with E-state index < -0.39 is 41.6 Å². The lowest BCUT2D eigenvalue weighted by Gasteiger charge is -2.16. The molecule has 1 aromatic rings. The Labute approximate surface area is 102 Å². The monoisotopic (exact) mass is 319 g/mol. The van der Waals surface area contributed by atoms with Gasteiger partial charge in [-0.15, -0.1) is 0 Å². The molecule has 1 N–H and O–H groups in total. The third-order valence-electron chi connectivity index (χ3n) is 2.14. The van der Waals surface area contributed by atoms with Crippen molar-refractivity contribution < 1.29 is 27.1 Å². The van der Waals surface area contributed by atoms with E-state index in [1.165, 1.54) is 0 Å². The molecular formula is C9H7BrF5NO. The van der Waals surface area contributed by atoms with Crippen LogP contribution < -0.4 is 0 Å². The van der Waals surface area contributed by atoms with Gasteiger partial charge in [0.05, 0.1) is 12.2 Å². The van der Waals surface area contributed by atoms with E-state index in [-0.39, 0.29) is 5.33 Å². The predicted molar refractivity (Wildman–Crippen MR) is 52.7 cm³/mol. The average molecular weight is 320 g/mol. The SMILES string of the molecule is OCc1c(C(F)F)ncc(C(F)(F)F)c1CBr. The number of pyridine rings is 1. The van der Waals surface area contributed by atoms with Crippen LogP contribution in [-0.2, 0) is 18.1 Å². The summed E-state index contributed by atoms with van der Waals surface area (Å²) in [6.45, 7) is -0.919. The molecule has 1 aromatic heterocycles. The third kappa shape index (κ3) is 2.92. The highest BCUT2D eigenvalue weighted by atomic mass is 79.9. The lowest BCUT2D eigenvalue weighted by Crippen LogP contribution is -2.14. The Balaban J connectivity index is 3.49. The second-order valence-corrected chi connectivity index (χ2v) is 3.67. The maximum Gasteiger partial charge on any atom is 0.418 e. The first-order chi connectivity index (χ1) is 7.82. The van der Waals surface area contributed by atoms with Gasteiger partial charge in [-0.1, -0.05) is 15.9 Å². The minimum Gasteiger partial charge on any atom is -0.392 e. The highest BCUT2D eigenvalue weighted by molar-refractivity contribution is 9.08. The van der Waals surface area contributed by atoms with Crippen molar-refractivity contribution >= 4 is 15.9 Å². The topological polar surface area (TPSA) is 33.1 Å². The number of hydrogen-bond acceptors (Lipinski definition) is 2. The van der Waals surface area contributed by atoms with Crippen molar-refractivity contribution in [1.82, 2.24) is 4.98 Å². The summed E-state index contributed by atoms with van der Waals surface area (Å²) in [5, 5.41) is 8.62. The van der Waals surface area contributed by atoms with Crippen LogP contribution in [0.5, 0.6) is 0 Å². The lowest BCUT2D eigenvalue weighted by atomic mass is 10.0. The van der Waals surface area contributed by atoms with Crippen LogP contribution in [0.3, 0.4) is 0 Å². The molecule has 0 aliphatic heterocycles. The van der Waals surface area contributed by atoms with Crippen LogP contribution in [0, 0.1) is 0 Å². The van der Waals surface area contributed by atoms with Gasteiger partial charge in [-0.25, -0.2) is 8.78 Å². The van der Waals surface area contributed by atoms with Crippen LogP contribution in [0.15, 0.2) is 6.20 Å². The maximum atomic E-state index is 12.6. The van der Waals surface area contributed by atoms with Gasteiger partial charge in [0.25, 0.3) is 6.43 Å². The molecule has 0 fully saturated rings. The van der Waals surface area contributed by atoms with Gasteiger partial charge in [-0.2, -0.15) is 13.2 Å². The Morgan fingerprint density at radius 2 is 1.88 bits per heavy atom. The van der Waals surface area contributed by atoms with Crippen molar-refractivity contribution in [3.05, 3.63) is 28.6 Å². The zero-order valence-corrected chi connectivity index (χ0v) is 9.82. The van der Waals surface area contributed by atoms with Crippen LogP contribution in [0.4, 0.5) is 22.0 Å². The number of aliphatic hydroxyl groups excluding tert-OH is 1. The lowest BCUT2D eigenvalue weighted by molar-refractivity contribution is -0.138. The first-order valence-corrected chi connectivity index (χ1v) is 5.47. The summed E-state index contributed by atoms with van der Waals surface area (Å²) in [6.07, 6.45) is -7.37. The Kier molecular flexibility index (Phi) is 4.42. The normalized spacial score (nSPS) is 12.2. The minimum atomic E-state index is -4.69. The fourth-order valence-electron chi connectivity index (χ4n) is 1.37. The quantitative estimate of drug-likeness (QED) is 0.684. The zero-order chi connectivity index (χ0) is 13.2. The number of aliphatic hydroxyl groups is 1. The Bertz CT molecular complexity index is 407. The van der Waals surface area contributed by atoms with Crippen molar-refractivity contribution in [1.29, 1.82) is 0 Å². The van der Waals surface area contributed by atoms with Gasteiger partial charge in [0.2, 0.25) is 0 Å². The van der Waals surface area contributed by atoms with Gasteiger partial charge >= 0.3 is 6.18 Å². The molecule has 0 radical (unpaired) electrons. The highest BCUT2D eigenvalue weighted by Crippen LogP contribution is 2.36. The van der Waals surface area contributed by atoms with E-state index in [4.69, 9.17) is 5.11 Å². The molecule has 17 heavy (non-hydrogen) atoms. The molecule has 0 aromatic carbocycles. The predicted octanol–water partition coefficient (Wildman–Crippen LogP) is 3.43. The zero-order valence-electron chi connectivity index (χ0n) is 8.23. The fourth-order valence-corrected chi connectivity index (χ4v) is 2.01. The molecule has 1 rings (SSSR count). The van der Waals surface area contributed by atoms with Crippen molar-refractivity contribution in [2.24, 2.45) is 0 Å². The molecule has 0 saturated heterocycles. The van der Waals surface area contributed by atoms with Gasteiger partial charge in [0, 0.05) is 17.1 Å². The van der Waals surface area contributed by atoms with Crippen molar-refractivity contribution in [3.8, 4) is 0 Å². The molecule has 0 bridgehead atoms. The summed E-state index contributed by atoms with van der Waals surface area (Å²) < 4.78 is 62.6. The molecule has 0 atom stereocenters. The Morgan fingerprint density at radius 1 is 1.29 bits per heavy atom. The Morgan fingerprint density at radius 3 is 2.24 bits per heavy atom. The first kappa shape index (κ1) is 14.3. The largest absolute Gasteiger partial charge is 0.418 e. The van der Waals surface area contributed by atoms with Gasteiger partial charge in [-0.05, 0) is 5.56 Å². The molecule has 0 aliphatic carbocycles. The summed E-state index contributed by atoms with van der Waals surface area (Å²) in [6, 6.07) is 0. The summed E-state index contributed by atoms with van der Waals surface area (Å²) in [5.41, 5.74) is -2.84. The summed E-state index contributed by atoms with van der Waals surface area (Å²) in [7, 11) is 0. The highest BCUT2D eigenvalue weighted by Gasteiger charge is 2.36. The molecule has 0 amide bonds. The number of hydrogen-bond donors (Lipinski definition) is 1. The van der Waals surface area contributed by atoms with Gasteiger partial charge in [0.1, 0.15) is 5.69 Å². The van der Waals surface area contributed by atoms with E-state index in [0.29, 0.717) is 6.20 Å². The maximum absolute atomic E-state index is 12.6. The van der Waals surface area contributed by atoms with E-state index >= 15 is 0 Å². The number of rotatable bonds is 3.